The Morgan fingerprint density at radius 2 is 2.23 bits per heavy atom. The maximum absolute atomic E-state index is 13.2. The van der Waals surface area contributed by atoms with Gasteiger partial charge in [0.05, 0.1) is 11.0 Å². The number of halogens is 1. The molecule has 22 heavy (non-hydrogen) atoms. The van der Waals surface area contributed by atoms with Crippen LogP contribution in [0.25, 0.3) is 16.6 Å². The number of nitrogens with zero attached hydrogens (tertiary/aromatic N) is 3. The van der Waals surface area contributed by atoms with Crippen LogP contribution in [0.5, 0.6) is 0 Å². The summed E-state index contributed by atoms with van der Waals surface area (Å²) in [5, 5.41) is 10.3. The Labute approximate surface area is 124 Å². The fraction of sp³-hybridized carbons (Fsp3) is 0.286. The molecule has 3 aromatic rings. The molecule has 1 aromatic carbocycles. The summed E-state index contributed by atoms with van der Waals surface area (Å²) in [5.74, 6) is -0.666. The Morgan fingerprint density at radius 1 is 1.45 bits per heavy atom. The first-order valence-electron chi connectivity index (χ1n) is 6.82. The minimum Gasteiger partial charge on any atom is -0.350 e. The fourth-order valence-corrected chi connectivity index (χ4v) is 2.16. The van der Waals surface area contributed by atoms with Gasteiger partial charge in [0, 0.05) is 6.54 Å². The largest absolute Gasteiger partial charge is 0.350 e. The smallest absolute Gasteiger partial charge is 0.277 e. The first-order chi connectivity index (χ1) is 10.5. The van der Waals surface area contributed by atoms with Gasteiger partial charge >= 0.3 is 0 Å². The SMILES string of the molecule is CC(C)CNC(=O)c1nnn2c1c(=O)[nH]c1cc(F)ccc12. The van der Waals surface area contributed by atoms with E-state index in [1.165, 1.54) is 22.7 Å². The number of fused-ring (bicyclic) bond motifs is 3. The zero-order chi connectivity index (χ0) is 15.9. The normalized spacial score (nSPS) is 11.5. The molecule has 114 valence electrons. The Morgan fingerprint density at radius 3 is 2.95 bits per heavy atom. The molecule has 0 saturated carbocycles. The third-order valence-electron chi connectivity index (χ3n) is 3.21. The van der Waals surface area contributed by atoms with Gasteiger partial charge in [-0.15, -0.1) is 5.10 Å². The molecule has 0 bridgehead atoms. The van der Waals surface area contributed by atoms with Gasteiger partial charge in [-0.1, -0.05) is 19.1 Å². The van der Waals surface area contributed by atoms with Gasteiger partial charge in [0.25, 0.3) is 11.5 Å². The standard InChI is InChI=1S/C14H14FN5O2/c1-7(2)6-16-13(21)11-12-14(22)17-9-5-8(15)3-4-10(9)20(12)19-18-11/h3-5,7H,6H2,1-2H3,(H,16,21)(H,17,22). The zero-order valence-electron chi connectivity index (χ0n) is 12.1. The number of rotatable bonds is 3. The summed E-state index contributed by atoms with van der Waals surface area (Å²) < 4.78 is 14.5. The molecule has 0 aliphatic rings. The van der Waals surface area contributed by atoms with Crippen LogP contribution in [-0.4, -0.2) is 32.3 Å². The number of H-pyrrole nitrogens is 1. The summed E-state index contributed by atoms with van der Waals surface area (Å²) in [4.78, 5) is 26.8. The van der Waals surface area contributed by atoms with Gasteiger partial charge in [-0.3, -0.25) is 9.59 Å². The lowest BCUT2D eigenvalue weighted by molar-refractivity contribution is 0.0945. The molecule has 0 atom stereocenters. The number of hydrogen-bond acceptors (Lipinski definition) is 4. The fourth-order valence-electron chi connectivity index (χ4n) is 2.16. The van der Waals surface area contributed by atoms with Crippen LogP contribution in [0.4, 0.5) is 4.39 Å². The van der Waals surface area contributed by atoms with Crippen LogP contribution in [0.2, 0.25) is 0 Å². The summed E-state index contributed by atoms with van der Waals surface area (Å²) in [6.07, 6.45) is 0. The minimum absolute atomic E-state index is 0.0420. The van der Waals surface area contributed by atoms with E-state index >= 15 is 0 Å². The molecule has 0 radical (unpaired) electrons. The van der Waals surface area contributed by atoms with Crippen molar-refractivity contribution in [2.45, 2.75) is 13.8 Å². The molecule has 0 unspecified atom stereocenters. The molecule has 2 N–H and O–H groups in total. The first-order valence-corrected chi connectivity index (χ1v) is 6.82. The first kappa shape index (κ1) is 14.2. The van der Waals surface area contributed by atoms with E-state index in [-0.39, 0.29) is 22.6 Å². The van der Waals surface area contributed by atoms with E-state index in [0.29, 0.717) is 12.1 Å². The van der Waals surface area contributed by atoms with Crippen molar-refractivity contribution in [3.05, 3.63) is 40.1 Å². The van der Waals surface area contributed by atoms with Crippen molar-refractivity contribution in [1.82, 2.24) is 25.1 Å². The molecule has 3 rings (SSSR count). The quantitative estimate of drug-likeness (QED) is 0.757. The monoisotopic (exact) mass is 303 g/mol. The molecule has 2 heterocycles. The predicted molar refractivity (Wildman–Crippen MR) is 78.2 cm³/mol. The van der Waals surface area contributed by atoms with Crippen molar-refractivity contribution in [2.24, 2.45) is 5.92 Å². The Balaban J connectivity index is 2.17. The maximum Gasteiger partial charge on any atom is 0.277 e. The van der Waals surface area contributed by atoms with E-state index in [4.69, 9.17) is 0 Å². The molecule has 1 amide bonds. The Bertz CT molecular complexity index is 928. The topological polar surface area (TPSA) is 92.2 Å². The zero-order valence-corrected chi connectivity index (χ0v) is 12.1. The highest BCUT2D eigenvalue weighted by molar-refractivity contribution is 5.99. The van der Waals surface area contributed by atoms with Crippen molar-refractivity contribution in [1.29, 1.82) is 0 Å². The van der Waals surface area contributed by atoms with Gasteiger partial charge in [-0.05, 0) is 24.1 Å². The van der Waals surface area contributed by atoms with Gasteiger partial charge in [0.2, 0.25) is 0 Å². The molecule has 0 aliphatic carbocycles. The summed E-state index contributed by atoms with van der Waals surface area (Å²) in [5.41, 5.74) is 0.203. The number of hydrogen-bond donors (Lipinski definition) is 2. The van der Waals surface area contributed by atoms with Gasteiger partial charge in [0.1, 0.15) is 5.82 Å². The van der Waals surface area contributed by atoms with Crippen molar-refractivity contribution >= 4 is 22.5 Å². The maximum atomic E-state index is 13.2. The highest BCUT2D eigenvalue weighted by Crippen LogP contribution is 2.14. The van der Waals surface area contributed by atoms with Crippen molar-refractivity contribution < 1.29 is 9.18 Å². The van der Waals surface area contributed by atoms with Crippen LogP contribution in [-0.2, 0) is 0 Å². The predicted octanol–water partition coefficient (Wildman–Crippen LogP) is 1.10. The number of nitrogens with one attached hydrogen (secondary N) is 2. The highest BCUT2D eigenvalue weighted by Gasteiger charge is 2.19. The Hall–Kier alpha value is -2.77. The van der Waals surface area contributed by atoms with Gasteiger partial charge in [-0.25, -0.2) is 8.91 Å². The van der Waals surface area contributed by atoms with Crippen LogP contribution in [0, 0.1) is 11.7 Å². The molecule has 2 aromatic heterocycles. The third kappa shape index (κ3) is 2.32. The lowest BCUT2D eigenvalue weighted by Gasteiger charge is -2.05. The average Bonchev–Trinajstić information content (AvgIpc) is 2.90. The molecule has 0 spiro atoms. The highest BCUT2D eigenvalue weighted by atomic mass is 19.1. The lowest BCUT2D eigenvalue weighted by atomic mass is 10.2. The second-order valence-electron chi connectivity index (χ2n) is 5.42. The summed E-state index contributed by atoms with van der Waals surface area (Å²) in [6, 6.07) is 3.91. The molecule has 7 nitrogen and oxygen atoms in total. The second-order valence-corrected chi connectivity index (χ2v) is 5.42. The Kier molecular flexibility index (Phi) is 3.36. The van der Waals surface area contributed by atoms with E-state index in [9.17, 15) is 14.0 Å². The van der Waals surface area contributed by atoms with Crippen molar-refractivity contribution in [3.63, 3.8) is 0 Å². The summed E-state index contributed by atoms with van der Waals surface area (Å²) in [6.45, 7) is 4.38. The van der Waals surface area contributed by atoms with Crippen molar-refractivity contribution in [2.75, 3.05) is 6.54 Å². The number of carbonyl (C=O) groups is 1. The number of amides is 1. The van der Waals surface area contributed by atoms with E-state index in [2.05, 4.69) is 20.6 Å². The number of aromatic amines is 1. The number of carbonyl (C=O) groups excluding carboxylic acids is 1. The van der Waals surface area contributed by atoms with Crippen LogP contribution < -0.4 is 10.9 Å². The second kappa shape index (κ2) is 5.21. The third-order valence-corrected chi connectivity index (χ3v) is 3.21. The lowest BCUT2D eigenvalue weighted by Crippen LogP contribution is -2.28. The van der Waals surface area contributed by atoms with Gasteiger partial charge < -0.3 is 10.3 Å². The van der Waals surface area contributed by atoms with Crippen LogP contribution in [0.3, 0.4) is 0 Å². The molecule has 8 heteroatoms. The van der Waals surface area contributed by atoms with E-state index in [0.717, 1.165) is 0 Å². The van der Waals surface area contributed by atoms with Gasteiger partial charge in [0.15, 0.2) is 11.2 Å². The van der Waals surface area contributed by atoms with E-state index in [1.807, 2.05) is 13.8 Å². The molecular weight excluding hydrogens is 289 g/mol. The summed E-state index contributed by atoms with van der Waals surface area (Å²) >= 11 is 0. The molecule has 0 aliphatic heterocycles. The molecule has 0 fully saturated rings. The molecule has 0 saturated heterocycles. The van der Waals surface area contributed by atoms with Crippen molar-refractivity contribution in [3.8, 4) is 0 Å². The average molecular weight is 303 g/mol. The molecular formula is C14H14FN5O2. The minimum atomic E-state index is -0.544. The number of aromatic nitrogens is 4. The summed E-state index contributed by atoms with van der Waals surface area (Å²) in [7, 11) is 0. The van der Waals surface area contributed by atoms with E-state index in [1.54, 1.807) is 0 Å². The number of benzene rings is 1. The van der Waals surface area contributed by atoms with Crippen LogP contribution in [0.15, 0.2) is 23.0 Å². The van der Waals surface area contributed by atoms with Crippen LogP contribution >= 0.6 is 0 Å². The van der Waals surface area contributed by atoms with Gasteiger partial charge in [-0.2, -0.15) is 0 Å². The van der Waals surface area contributed by atoms with E-state index < -0.39 is 17.3 Å². The van der Waals surface area contributed by atoms with Crippen LogP contribution in [0.1, 0.15) is 24.3 Å².